The highest BCUT2D eigenvalue weighted by Gasteiger charge is 2.54. The molecule has 0 spiro atoms. The van der Waals surface area contributed by atoms with E-state index < -0.39 is 11.0 Å². The van der Waals surface area contributed by atoms with Crippen LogP contribution in [0.5, 0.6) is 0 Å². The molecule has 2 fully saturated rings. The number of ether oxygens (including phenoxy) is 2. The SMILES string of the molecule is CC1(OC(=O)C(C)(C)C(C)(C)C)CCC2CC1OC2=O. The Bertz CT molecular complexity index is 432. The zero-order valence-electron chi connectivity index (χ0n) is 13.4. The second kappa shape index (κ2) is 4.47. The molecule has 0 aromatic carbocycles. The molecule has 114 valence electrons. The van der Waals surface area contributed by atoms with Crippen molar-refractivity contribution in [3.05, 3.63) is 0 Å². The number of hydrogen-bond donors (Lipinski definition) is 0. The summed E-state index contributed by atoms with van der Waals surface area (Å²) in [7, 11) is 0. The minimum absolute atomic E-state index is 0.00223. The van der Waals surface area contributed by atoms with Gasteiger partial charge in [0.05, 0.1) is 11.3 Å². The van der Waals surface area contributed by atoms with Gasteiger partial charge in [-0.05, 0) is 39.0 Å². The lowest BCUT2D eigenvalue weighted by molar-refractivity contribution is -0.191. The molecule has 2 aliphatic rings. The van der Waals surface area contributed by atoms with Crippen LogP contribution in [0.25, 0.3) is 0 Å². The van der Waals surface area contributed by atoms with E-state index in [0.717, 1.165) is 6.42 Å². The average molecular weight is 282 g/mol. The smallest absolute Gasteiger partial charge is 0.312 e. The maximum atomic E-state index is 12.6. The van der Waals surface area contributed by atoms with E-state index in [1.54, 1.807) is 0 Å². The predicted octanol–water partition coefficient (Wildman–Crippen LogP) is 3.09. The molecule has 1 saturated heterocycles. The van der Waals surface area contributed by atoms with Gasteiger partial charge in [-0.2, -0.15) is 0 Å². The minimum atomic E-state index is -0.678. The summed E-state index contributed by atoms with van der Waals surface area (Å²) in [6, 6.07) is 0. The van der Waals surface area contributed by atoms with Crippen molar-refractivity contribution in [2.24, 2.45) is 16.7 Å². The van der Waals surface area contributed by atoms with Crippen LogP contribution in [-0.2, 0) is 19.1 Å². The highest BCUT2D eigenvalue weighted by Crippen LogP contribution is 2.45. The maximum absolute atomic E-state index is 12.6. The minimum Gasteiger partial charge on any atom is -0.458 e. The lowest BCUT2D eigenvalue weighted by Gasteiger charge is -2.42. The molecule has 4 heteroatoms. The van der Waals surface area contributed by atoms with Crippen LogP contribution in [0.15, 0.2) is 0 Å². The van der Waals surface area contributed by atoms with Crippen LogP contribution in [0.4, 0.5) is 0 Å². The first-order valence-corrected chi connectivity index (χ1v) is 7.41. The third-order valence-electron chi connectivity index (χ3n) is 5.47. The summed E-state index contributed by atoms with van der Waals surface area (Å²) < 4.78 is 11.2. The molecule has 1 saturated carbocycles. The van der Waals surface area contributed by atoms with Crippen LogP contribution in [-0.4, -0.2) is 23.6 Å². The molecule has 1 aliphatic heterocycles. The Balaban J connectivity index is 2.13. The van der Waals surface area contributed by atoms with E-state index >= 15 is 0 Å². The molecule has 0 aromatic heterocycles. The van der Waals surface area contributed by atoms with Crippen LogP contribution >= 0.6 is 0 Å². The summed E-state index contributed by atoms with van der Waals surface area (Å²) in [4.78, 5) is 24.2. The van der Waals surface area contributed by atoms with Crippen molar-refractivity contribution in [2.75, 3.05) is 0 Å². The van der Waals surface area contributed by atoms with Gasteiger partial charge in [0.1, 0.15) is 11.7 Å². The fourth-order valence-electron chi connectivity index (χ4n) is 2.63. The van der Waals surface area contributed by atoms with Gasteiger partial charge in [0.15, 0.2) is 0 Å². The number of carbonyl (C=O) groups is 2. The molecule has 0 N–H and O–H groups in total. The van der Waals surface area contributed by atoms with E-state index in [4.69, 9.17) is 9.47 Å². The molecule has 4 nitrogen and oxygen atoms in total. The van der Waals surface area contributed by atoms with Crippen molar-refractivity contribution in [1.82, 2.24) is 0 Å². The third kappa shape index (κ3) is 2.33. The number of hydrogen-bond acceptors (Lipinski definition) is 4. The third-order valence-corrected chi connectivity index (χ3v) is 5.47. The van der Waals surface area contributed by atoms with Gasteiger partial charge >= 0.3 is 11.9 Å². The maximum Gasteiger partial charge on any atom is 0.312 e. The van der Waals surface area contributed by atoms with E-state index in [1.807, 2.05) is 41.5 Å². The van der Waals surface area contributed by atoms with Crippen molar-refractivity contribution < 1.29 is 19.1 Å². The molecule has 2 bridgehead atoms. The fourth-order valence-corrected chi connectivity index (χ4v) is 2.63. The number of fused-ring (bicyclic) bond motifs is 2. The number of esters is 2. The molecule has 1 aliphatic carbocycles. The Labute approximate surface area is 121 Å². The van der Waals surface area contributed by atoms with Gasteiger partial charge in [-0.15, -0.1) is 0 Å². The van der Waals surface area contributed by atoms with Crippen LogP contribution in [0.1, 0.15) is 60.8 Å². The van der Waals surface area contributed by atoms with Crippen LogP contribution in [0, 0.1) is 16.7 Å². The lowest BCUT2D eigenvalue weighted by atomic mass is 9.69. The summed E-state index contributed by atoms with van der Waals surface area (Å²) in [5.41, 5.74) is -1.46. The Kier molecular flexibility index (Phi) is 3.43. The van der Waals surface area contributed by atoms with Crippen LogP contribution in [0.2, 0.25) is 0 Å². The van der Waals surface area contributed by atoms with E-state index in [9.17, 15) is 9.59 Å². The zero-order valence-corrected chi connectivity index (χ0v) is 13.4. The molecule has 0 aromatic rings. The molecule has 0 amide bonds. The molecule has 1 heterocycles. The summed E-state index contributed by atoms with van der Waals surface area (Å²) in [6.45, 7) is 11.8. The lowest BCUT2D eigenvalue weighted by Crippen LogP contribution is -2.50. The molecular weight excluding hydrogens is 256 g/mol. The van der Waals surface area contributed by atoms with Crippen molar-refractivity contribution in [3.63, 3.8) is 0 Å². The highest BCUT2D eigenvalue weighted by molar-refractivity contribution is 5.78. The molecule has 3 atom stereocenters. The fraction of sp³-hybridized carbons (Fsp3) is 0.875. The Hall–Kier alpha value is -1.06. The largest absolute Gasteiger partial charge is 0.458 e. The standard InChI is InChI=1S/C16H26O4/c1-14(2,3)15(4,5)13(18)20-16(6)8-7-10-9-11(16)19-12(10)17/h10-11H,7-9H2,1-6H3. The van der Waals surface area contributed by atoms with Crippen LogP contribution in [0.3, 0.4) is 0 Å². The molecule has 20 heavy (non-hydrogen) atoms. The van der Waals surface area contributed by atoms with E-state index in [0.29, 0.717) is 12.8 Å². The summed E-state index contributed by atoms with van der Waals surface area (Å²) in [5, 5.41) is 0. The Morgan fingerprint density at radius 3 is 2.45 bits per heavy atom. The second-order valence-corrected chi connectivity index (χ2v) is 7.97. The molecular formula is C16H26O4. The van der Waals surface area contributed by atoms with Gasteiger partial charge in [-0.25, -0.2) is 0 Å². The highest BCUT2D eigenvalue weighted by atomic mass is 16.6. The normalized spacial score (nSPS) is 33.8. The van der Waals surface area contributed by atoms with E-state index in [-0.39, 0.29) is 29.4 Å². The number of carbonyl (C=O) groups excluding carboxylic acids is 2. The van der Waals surface area contributed by atoms with Gasteiger partial charge in [-0.1, -0.05) is 20.8 Å². The summed E-state index contributed by atoms with van der Waals surface area (Å²) >= 11 is 0. The Morgan fingerprint density at radius 1 is 1.30 bits per heavy atom. The van der Waals surface area contributed by atoms with Gasteiger partial charge < -0.3 is 9.47 Å². The Morgan fingerprint density at radius 2 is 1.90 bits per heavy atom. The average Bonchev–Trinajstić information content (AvgIpc) is 2.62. The van der Waals surface area contributed by atoms with Gasteiger partial charge in [0.25, 0.3) is 0 Å². The first-order valence-electron chi connectivity index (χ1n) is 7.41. The van der Waals surface area contributed by atoms with Crippen molar-refractivity contribution in [2.45, 2.75) is 72.5 Å². The zero-order chi connectivity index (χ0) is 15.3. The molecule has 3 unspecified atom stereocenters. The van der Waals surface area contributed by atoms with E-state index in [1.165, 1.54) is 0 Å². The van der Waals surface area contributed by atoms with Crippen molar-refractivity contribution >= 4 is 11.9 Å². The summed E-state index contributed by atoms with van der Waals surface area (Å²) in [5.74, 6) is -0.346. The second-order valence-electron chi connectivity index (χ2n) is 7.97. The van der Waals surface area contributed by atoms with Crippen molar-refractivity contribution in [3.8, 4) is 0 Å². The van der Waals surface area contributed by atoms with Gasteiger partial charge in [0.2, 0.25) is 0 Å². The molecule has 2 rings (SSSR count). The van der Waals surface area contributed by atoms with Gasteiger partial charge in [-0.3, -0.25) is 9.59 Å². The first kappa shape index (κ1) is 15.3. The van der Waals surface area contributed by atoms with Crippen molar-refractivity contribution in [1.29, 1.82) is 0 Å². The first-order chi connectivity index (χ1) is 8.97. The number of rotatable bonds is 2. The van der Waals surface area contributed by atoms with E-state index in [2.05, 4.69) is 0 Å². The predicted molar refractivity (Wildman–Crippen MR) is 75.0 cm³/mol. The topological polar surface area (TPSA) is 52.6 Å². The monoisotopic (exact) mass is 282 g/mol. The summed E-state index contributed by atoms with van der Waals surface area (Å²) in [6.07, 6.45) is 1.83. The van der Waals surface area contributed by atoms with Crippen LogP contribution < -0.4 is 0 Å². The van der Waals surface area contributed by atoms with Gasteiger partial charge in [0, 0.05) is 6.42 Å². The quantitative estimate of drug-likeness (QED) is 0.730. The molecule has 0 radical (unpaired) electrons.